The van der Waals surface area contributed by atoms with Crippen LogP contribution in [0.5, 0.6) is 0 Å². The highest BCUT2D eigenvalue weighted by Gasteiger charge is 2.07. The van der Waals surface area contributed by atoms with Crippen LogP contribution in [-0.2, 0) is 0 Å². The van der Waals surface area contributed by atoms with Crippen molar-refractivity contribution in [1.29, 1.82) is 5.26 Å². The zero-order valence-electron chi connectivity index (χ0n) is 7.16. The van der Waals surface area contributed by atoms with Crippen molar-refractivity contribution in [2.24, 2.45) is 0 Å². The van der Waals surface area contributed by atoms with Crippen molar-refractivity contribution in [1.82, 2.24) is 10.3 Å². The molecule has 1 aromatic rings. The Morgan fingerprint density at radius 1 is 1.83 bits per heavy atom. The fraction of sp³-hybridized carbons (Fsp3) is 0.500. The maximum Gasteiger partial charge on any atom is 0.110 e. The van der Waals surface area contributed by atoms with Crippen LogP contribution in [0, 0.1) is 18.3 Å². The molecule has 0 amide bonds. The van der Waals surface area contributed by atoms with Crippen molar-refractivity contribution in [2.75, 3.05) is 6.54 Å². The van der Waals surface area contributed by atoms with Crippen LogP contribution in [0.3, 0.4) is 0 Å². The van der Waals surface area contributed by atoms with E-state index in [4.69, 9.17) is 5.26 Å². The SMILES string of the molecule is Cc1csc(C(C)NCC#N)n1. The minimum atomic E-state index is 0.184. The van der Waals surface area contributed by atoms with Crippen LogP contribution >= 0.6 is 11.3 Å². The fourth-order valence-corrected chi connectivity index (χ4v) is 1.69. The topological polar surface area (TPSA) is 48.7 Å². The highest BCUT2D eigenvalue weighted by molar-refractivity contribution is 7.09. The first-order valence-electron chi connectivity index (χ1n) is 3.76. The number of aryl methyl sites for hydroxylation is 1. The summed E-state index contributed by atoms with van der Waals surface area (Å²) in [5.74, 6) is 0. The first kappa shape index (κ1) is 9.17. The molecule has 0 aliphatic rings. The van der Waals surface area contributed by atoms with E-state index in [0.717, 1.165) is 10.7 Å². The Balaban J connectivity index is 2.54. The molecule has 0 bridgehead atoms. The molecule has 0 fully saturated rings. The number of nitriles is 1. The Morgan fingerprint density at radius 2 is 2.58 bits per heavy atom. The van der Waals surface area contributed by atoms with Crippen LogP contribution in [0.4, 0.5) is 0 Å². The van der Waals surface area contributed by atoms with Crippen LogP contribution in [0.2, 0.25) is 0 Å². The molecule has 64 valence electrons. The highest BCUT2D eigenvalue weighted by Crippen LogP contribution is 2.16. The third-order valence-electron chi connectivity index (χ3n) is 1.49. The Morgan fingerprint density at radius 3 is 3.08 bits per heavy atom. The minimum Gasteiger partial charge on any atom is -0.296 e. The molecule has 0 saturated carbocycles. The summed E-state index contributed by atoms with van der Waals surface area (Å²) in [6.45, 7) is 4.35. The molecule has 12 heavy (non-hydrogen) atoms. The zero-order chi connectivity index (χ0) is 8.97. The predicted molar refractivity (Wildman–Crippen MR) is 48.9 cm³/mol. The average Bonchev–Trinajstić information content (AvgIpc) is 2.47. The second-order valence-corrected chi connectivity index (χ2v) is 3.48. The van der Waals surface area contributed by atoms with Crippen molar-refractivity contribution in [3.05, 3.63) is 16.1 Å². The summed E-state index contributed by atoms with van der Waals surface area (Å²) in [7, 11) is 0. The number of thiazole rings is 1. The molecule has 0 aliphatic carbocycles. The second kappa shape index (κ2) is 4.19. The Kier molecular flexibility index (Phi) is 3.20. The summed E-state index contributed by atoms with van der Waals surface area (Å²) in [4.78, 5) is 4.31. The van der Waals surface area contributed by atoms with E-state index in [2.05, 4.69) is 10.3 Å². The van der Waals surface area contributed by atoms with Gasteiger partial charge < -0.3 is 0 Å². The first-order valence-corrected chi connectivity index (χ1v) is 4.64. The maximum atomic E-state index is 8.34. The number of nitrogens with one attached hydrogen (secondary N) is 1. The quantitative estimate of drug-likeness (QED) is 0.721. The van der Waals surface area contributed by atoms with Gasteiger partial charge in [0, 0.05) is 11.1 Å². The lowest BCUT2D eigenvalue weighted by molar-refractivity contribution is 0.616. The summed E-state index contributed by atoms with van der Waals surface area (Å²) >= 11 is 1.63. The molecule has 1 rings (SSSR count). The standard InChI is InChI=1S/C8H11N3S/c1-6-5-12-8(11-6)7(2)10-4-3-9/h5,7,10H,4H2,1-2H3. The van der Waals surface area contributed by atoms with Gasteiger partial charge in [-0.2, -0.15) is 5.26 Å². The molecule has 0 radical (unpaired) electrons. The predicted octanol–water partition coefficient (Wildman–Crippen LogP) is 1.63. The molecule has 1 N–H and O–H groups in total. The molecule has 0 aromatic carbocycles. The first-order chi connectivity index (χ1) is 5.74. The maximum absolute atomic E-state index is 8.34. The molecule has 1 atom stereocenters. The van der Waals surface area contributed by atoms with Gasteiger partial charge in [0.2, 0.25) is 0 Å². The van der Waals surface area contributed by atoms with Gasteiger partial charge in [0.25, 0.3) is 0 Å². The Hall–Kier alpha value is -0.920. The number of hydrogen-bond acceptors (Lipinski definition) is 4. The molecule has 0 spiro atoms. The van der Waals surface area contributed by atoms with Gasteiger partial charge in [-0.1, -0.05) is 0 Å². The van der Waals surface area contributed by atoms with Crippen molar-refractivity contribution in [3.63, 3.8) is 0 Å². The number of rotatable bonds is 3. The molecule has 1 heterocycles. The van der Waals surface area contributed by atoms with Gasteiger partial charge in [-0.05, 0) is 13.8 Å². The van der Waals surface area contributed by atoms with Crippen molar-refractivity contribution >= 4 is 11.3 Å². The lowest BCUT2D eigenvalue weighted by Gasteiger charge is -2.06. The molecular formula is C8H11N3S. The van der Waals surface area contributed by atoms with E-state index >= 15 is 0 Å². The largest absolute Gasteiger partial charge is 0.296 e. The highest BCUT2D eigenvalue weighted by atomic mass is 32.1. The minimum absolute atomic E-state index is 0.184. The molecule has 1 aromatic heterocycles. The monoisotopic (exact) mass is 181 g/mol. The van der Waals surface area contributed by atoms with Crippen LogP contribution in [-0.4, -0.2) is 11.5 Å². The molecule has 0 aliphatic heterocycles. The van der Waals surface area contributed by atoms with Crippen LogP contribution in [0.1, 0.15) is 23.7 Å². The van der Waals surface area contributed by atoms with E-state index in [0.29, 0.717) is 6.54 Å². The average molecular weight is 181 g/mol. The molecule has 1 unspecified atom stereocenters. The smallest absolute Gasteiger partial charge is 0.110 e. The van der Waals surface area contributed by atoms with E-state index in [1.54, 1.807) is 11.3 Å². The molecule has 3 nitrogen and oxygen atoms in total. The van der Waals surface area contributed by atoms with Crippen molar-refractivity contribution in [3.8, 4) is 6.07 Å². The van der Waals surface area contributed by atoms with Crippen molar-refractivity contribution in [2.45, 2.75) is 19.9 Å². The molecule has 0 saturated heterocycles. The third-order valence-corrected chi connectivity index (χ3v) is 2.64. The summed E-state index contributed by atoms with van der Waals surface area (Å²) in [5, 5.41) is 14.4. The third kappa shape index (κ3) is 2.29. The van der Waals surface area contributed by atoms with E-state index in [1.165, 1.54) is 0 Å². The van der Waals surface area contributed by atoms with Gasteiger partial charge in [0.15, 0.2) is 0 Å². The zero-order valence-corrected chi connectivity index (χ0v) is 7.98. The summed E-state index contributed by atoms with van der Waals surface area (Å²) < 4.78 is 0. The van der Waals surface area contributed by atoms with E-state index in [9.17, 15) is 0 Å². The van der Waals surface area contributed by atoms with Crippen LogP contribution in [0.15, 0.2) is 5.38 Å². The van der Waals surface area contributed by atoms with E-state index in [1.807, 2.05) is 25.3 Å². The number of aromatic nitrogens is 1. The van der Waals surface area contributed by atoms with Gasteiger partial charge in [-0.15, -0.1) is 11.3 Å². The van der Waals surface area contributed by atoms with Gasteiger partial charge in [-0.3, -0.25) is 5.32 Å². The molecule has 4 heteroatoms. The summed E-state index contributed by atoms with van der Waals surface area (Å²) in [6, 6.07) is 2.22. The van der Waals surface area contributed by atoms with E-state index < -0.39 is 0 Å². The van der Waals surface area contributed by atoms with Gasteiger partial charge in [0.05, 0.1) is 18.7 Å². The molecular weight excluding hydrogens is 170 g/mol. The van der Waals surface area contributed by atoms with E-state index in [-0.39, 0.29) is 6.04 Å². The number of hydrogen-bond donors (Lipinski definition) is 1. The Labute approximate surface area is 76.1 Å². The van der Waals surface area contributed by atoms with Gasteiger partial charge in [0.1, 0.15) is 5.01 Å². The lowest BCUT2D eigenvalue weighted by atomic mass is 10.3. The van der Waals surface area contributed by atoms with Crippen LogP contribution in [0.25, 0.3) is 0 Å². The normalized spacial score (nSPS) is 12.4. The summed E-state index contributed by atoms with van der Waals surface area (Å²) in [6.07, 6.45) is 0. The number of nitrogens with zero attached hydrogens (tertiary/aromatic N) is 2. The lowest BCUT2D eigenvalue weighted by Crippen LogP contribution is -2.18. The van der Waals surface area contributed by atoms with Gasteiger partial charge >= 0.3 is 0 Å². The van der Waals surface area contributed by atoms with Crippen molar-refractivity contribution < 1.29 is 0 Å². The second-order valence-electron chi connectivity index (χ2n) is 2.59. The van der Waals surface area contributed by atoms with Gasteiger partial charge in [-0.25, -0.2) is 4.98 Å². The summed E-state index contributed by atoms with van der Waals surface area (Å²) in [5.41, 5.74) is 1.04. The fourth-order valence-electron chi connectivity index (χ4n) is 0.857. The Bertz CT molecular complexity index is 287. The van der Waals surface area contributed by atoms with Crippen LogP contribution < -0.4 is 5.32 Å².